The Kier molecular flexibility index (Phi) is 29.4. The van der Waals surface area contributed by atoms with Gasteiger partial charge in [-0.25, -0.2) is 29.3 Å². The fourth-order valence-corrected chi connectivity index (χ4v) is 8.18. The highest BCUT2D eigenvalue weighted by Crippen LogP contribution is 2.39. The van der Waals surface area contributed by atoms with Crippen LogP contribution in [0, 0.1) is 60.7 Å². The van der Waals surface area contributed by atoms with Crippen molar-refractivity contribution in [3.63, 3.8) is 0 Å². The second-order valence-corrected chi connectivity index (χ2v) is 19.0. The van der Waals surface area contributed by atoms with Crippen molar-refractivity contribution in [1.29, 1.82) is 0 Å². The predicted octanol–water partition coefficient (Wildman–Crippen LogP) is 7.74. The Morgan fingerprint density at radius 3 is 1.14 bits per heavy atom. The predicted molar refractivity (Wildman–Crippen MR) is 354 cm³/mol. The molecule has 10 rings (SSSR count). The molecule has 1 amide bonds. The first-order valence-electron chi connectivity index (χ1n) is 27.9. The number of aromatic carboxylic acids is 1. The molecule has 7 aromatic carbocycles. The van der Waals surface area contributed by atoms with Crippen molar-refractivity contribution in [3.05, 3.63) is 229 Å². The van der Waals surface area contributed by atoms with Crippen molar-refractivity contribution in [1.82, 2.24) is 44.7 Å². The van der Waals surface area contributed by atoms with E-state index in [0.29, 0.717) is 40.0 Å². The molecule has 103 heavy (non-hydrogen) atoms. The van der Waals surface area contributed by atoms with Crippen LogP contribution in [0.15, 0.2) is 146 Å². The molecule has 0 fully saturated rings. The molecular weight excluding hydrogens is 1370 g/mol. The standard InChI is InChI=1S/C10H10N4O3.C10H12N4O.C9H8N4O3.C9H9NO5.C8H7NO5.C7H6N2O4.C7H5NO5/c1-13-6-11-10(12-13)7-4-3-5-8(14(15)16)9(7)17-2;1-14-6-12-10(13-14)7-4-3-5-8(11)9(7)15-2;1-16-8-6(9-10-5-11-12-9)3-2-4-7(8)13(14)15;1-14-8-6(9(11)15-2)4-3-5-7(8)10(12)13;1-14-8(11)5-3-2-4-6(7(5)10)9(12)13;8-7(11)4-2-1-3-5(6(4)10)9(12)13;9-6-4(7(10)11)2-1-3-5(6)8(12)13/h3-6H,1-2H3;3-6H,11H2,1-2H3;2-5H,1H3,(H,10,11,12);3-5H,1-2H3;2-4,10H,1H3;1-3,10H,(H2,8,11);1-3,9H,(H,10,11). The number of aryl methyl sites for hydroxylation is 2. The fourth-order valence-electron chi connectivity index (χ4n) is 8.18. The summed E-state index contributed by atoms with van der Waals surface area (Å²) >= 11 is 0. The Hall–Kier alpha value is -15.4. The van der Waals surface area contributed by atoms with E-state index in [-0.39, 0.29) is 51.0 Å². The van der Waals surface area contributed by atoms with Crippen molar-refractivity contribution in [2.24, 2.45) is 19.8 Å². The topological polar surface area (TPSA) is 618 Å². The molecule has 10 aromatic rings. The highest BCUT2D eigenvalue weighted by Gasteiger charge is 2.26. The maximum absolute atomic E-state index is 11.2. The van der Waals surface area contributed by atoms with E-state index in [4.69, 9.17) is 40.6 Å². The first-order valence-corrected chi connectivity index (χ1v) is 27.9. The number of nitrogen functional groups attached to an aromatic ring is 1. The van der Waals surface area contributed by atoms with Crippen LogP contribution in [0.5, 0.6) is 40.2 Å². The molecule has 9 N–H and O–H groups in total. The summed E-state index contributed by atoms with van der Waals surface area (Å²) < 4.78 is 32.1. The van der Waals surface area contributed by atoms with Gasteiger partial charge in [-0.15, -0.1) is 0 Å². The van der Waals surface area contributed by atoms with Crippen LogP contribution in [0.2, 0.25) is 0 Å². The number of methoxy groups -OCH3 is 6. The number of benzene rings is 7. The highest BCUT2D eigenvalue weighted by molar-refractivity contribution is 5.97. The number of aromatic amines is 1. The van der Waals surface area contributed by atoms with Crippen LogP contribution in [-0.4, -0.2) is 161 Å². The number of aromatic hydroxyl groups is 3. The number of phenolic OH excluding ortho intramolecular Hbond substituents is 1. The van der Waals surface area contributed by atoms with Crippen molar-refractivity contribution in [2.75, 3.05) is 48.4 Å². The van der Waals surface area contributed by atoms with Gasteiger partial charge < -0.3 is 60.3 Å². The van der Waals surface area contributed by atoms with Crippen molar-refractivity contribution < 1.29 is 97.6 Å². The lowest BCUT2D eigenvalue weighted by Gasteiger charge is -2.07. The molecule has 3 aromatic heterocycles. The monoisotopic (exact) mass is 1430 g/mol. The minimum Gasteiger partial charge on any atom is -0.502 e. The minimum atomic E-state index is -1.40. The lowest BCUT2D eigenvalue weighted by atomic mass is 10.1. The lowest BCUT2D eigenvalue weighted by molar-refractivity contribution is -0.386. The molecule has 0 aliphatic heterocycles. The number of anilines is 1. The van der Waals surface area contributed by atoms with Crippen LogP contribution in [0.3, 0.4) is 0 Å². The van der Waals surface area contributed by atoms with Crippen molar-refractivity contribution in [2.45, 2.75) is 0 Å². The van der Waals surface area contributed by atoms with Gasteiger partial charge in [0.15, 0.2) is 23.2 Å². The number of nitrogens with zero attached hydrogens (tertiary/aromatic N) is 14. The first-order chi connectivity index (χ1) is 48.8. The number of carbonyl (C=O) groups is 4. The van der Waals surface area contributed by atoms with Gasteiger partial charge in [0, 0.05) is 50.5 Å². The van der Waals surface area contributed by atoms with E-state index in [1.807, 2.05) is 19.2 Å². The number of H-pyrrole nitrogens is 1. The molecule has 0 saturated heterocycles. The number of hydrogen-bond acceptors (Lipinski definition) is 32. The number of para-hydroxylation sites is 7. The van der Waals surface area contributed by atoms with Crippen LogP contribution < -0.4 is 30.4 Å². The number of carboxylic acid groups (broad SMARTS) is 1. The largest absolute Gasteiger partial charge is 0.502 e. The summed E-state index contributed by atoms with van der Waals surface area (Å²) in [4.78, 5) is 115. The Balaban J connectivity index is 0.000000255. The van der Waals surface area contributed by atoms with Gasteiger partial charge >= 0.3 is 52.0 Å². The summed E-state index contributed by atoms with van der Waals surface area (Å²) in [7, 11) is 11.5. The van der Waals surface area contributed by atoms with Gasteiger partial charge in [0.2, 0.25) is 34.5 Å². The number of carboxylic acids is 1. The maximum Gasteiger partial charge on any atom is 0.341 e. The number of phenols is 3. The first kappa shape index (κ1) is 80.1. The molecule has 0 atom stereocenters. The zero-order valence-electron chi connectivity index (χ0n) is 54.5. The van der Waals surface area contributed by atoms with Gasteiger partial charge in [0.05, 0.1) is 100 Å². The van der Waals surface area contributed by atoms with E-state index in [2.05, 4.69) is 44.8 Å². The number of aromatic nitrogens is 9. The third-order valence-corrected chi connectivity index (χ3v) is 12.7. The highest BCUT2D eigenvalue weighted by atomic mass is 16.7. The van der Waals surface area contributed by atoms with Crippen LogP contribution in [0.1, 0.15) is 41.4 Å². The Morgan fingerprint density at radius 2 is 0.767 bits per heavy atom. The van der Waals surface area contributed by atoms with Gasteiger partial charge in [-0.3, -0.25) is 79.9 Å². The number of nitro groups is 6. The molecule has 0 unspecified atom stereocenters. The van der Waals surface area contributed by atoms with Crippen molar-refractivity contribution >= 4 is 63.6 Å². The SMILES string of the molecule is COC(=O)c1cccc([N+](=O)[O-])c1O.COC(=O)c1cccc([N+](=O)[O-])c1OC.COc1c(-c2ncn(C)n2)cccc1[N+](=O)[O-].COc1c(-c2ncn[nH]2)cccc1[N+](=O)[O-].COc1c(N)cccc1-c1ncn(C)n1.NC(=O)c1cccc([N+](=O)[O-])c1O.O=C(O)c1cccc([N+](=O)[O-])c1O. The Bertz CT molecular complexity index is 4600. The van der Waals surface area contributed by atoms with Gasteiger partial charge in [-0.1, -0.05) is 42.5 Å². The molecule has 43 heteroatoms. The number of nitrogens with one attached hydrogen (secondary N) is 1. The number of esters is 2. The van der Waals surface area contributed by atoms with E-state index >= 15 is 0 Å². The average Bonchev–Trinajstić information content (AvgIpc) is 1.81. The molecule has 3 heterocycles. The normalized spacial score (nSPS) is 9.83. The molecule has 0 bridgehead atoms. The van der Waals surface area contributed by atoms with Crippen LogP contribution in [0.25, 0.3) is 34.2 Å². The van der Waals surface area contributed by atoms with Gasteiger partial charge in [0.1, 0.15) is 35.7 Å². The quantitative estimate of drug-likeness (QED) is 0.0198. The number of carbonyl (C=O) groups excluding carboxylic acids is 3. The van der Waals surface area contributed by atoms with Crippen LogP contribution >= 0.6 is 0 Å². The summed E-state index contributed by atoms with van der Waals surface area (Å²) in [5.41, 5.74) is 10.0. The number of rotatable bonds is 17. The molecule has 538 valence electrons. The molecule has 0 saturated carbocycles. The maximum atomic E-state index is 11.2. The number of primary amides is 1. The van der Waals surface area contributed by atoms with Gasteiger partial charge in [-0.05, 0) is 48.5 Å². The summed E-state index contributed by atoms with van der Waals surface area (Å²) in [6.07, 6.45) is 4.49. The number of nitrogens with two attached hydrogens (primary N) is 2. The minimum absolute atomic E-state index is 0.0363. The van der Waals surface area contributed by atoms with E-state index in [9.17, 15) is 90.1 Å². The zero-order valence-corrected chi connectivity index (χ0v) is 54.5. The average molecular weight is 1430 g/mol. The van der Waals surface area contributed by atoms with Gasteiger partial charge in [0.25, 0.3) is 5.91 Å². The molecule has 0 spiro atoms. The number of hydrogen-bond donors (Lipinski definition) is 7. The molecule has 43 nitrogen and oxygen atoms in total. The van der Waals surface area contributed by atoms with E-state index in [1.54, 1.807) is 55.5 Å². The second kappa shape index (κ2) is 37.8. The zero-order chi connectivity index (χ0) is 76.9. The molecule has 0 radical (unpaired) electrons. The summed E-state index contributed by atoms with van der Waals surface area (Å²) in [5, 5.41) is 114. The number of nitro benzene ring substituents is 6. The third-order valence-electron chi connectivity index (χ3n) is 12.7. The lowest BCUT2D eigenvalue weighted by Crippen LogP contribution is -2.11. The van der Waals surface area contributed by atoms with Crippen molar-refractivity contribution in [3.8, 4) is 74.4 Å². The summed E-state index contributed by atoms with van der Waals surface area (Å²) in [6.45, 7) is 0. The smallest absolute Gasteiger partial charge is 0.341 e. The van der Waals surface area contributed by atoms with E-state index in [1.165, 1.54) is 106 Å². The number of amides is 1. The Morgan fingerprint density at radius 1 is 0.437 bits per heavy atom. The summed E-state index contributed by atoms with van der Waals surface area (Å²) in [6, 6.07) is 29.3. The van der Waals surface area contributed by atoms with E-state index in [0.717, 1.165) is 36.9 Å². The second-order valence-electron chi connectivity index (χ2n) is 19.0. The van der Waals surface area contributed by atoms with Gasteiger partial charge in [-0.2, -0.15) is 15.3 Å². The Labute approximate surface area is 576 Å². The number of ether oxygens (including phenoxy) is 6. The molecule has 0 aliphatic rings. The van der Waals surface area contributed by atoms with Crippen LogP contribution in [0.4, 0.5) is 39.8 Å². The third kappa shape index (κ3) is 21.1. The van der Waals surface area contributed by atoms with E-state index < -0.39 is 93.2 Å². The van der Waals surface area contributed by atoms with Crippen LogP contribution in [-0.2, 0) is 23.6 Å². The molecular formula is C60H57N17O26. The fraction of sp³-hybridized carbons (Fsp3) is 0.133. The molecule has 0 aliphatic carbocycles. The summed E-state index contributed by atoms with van der Waals surface area (Å²) in [5.74, 6) is -3.67.